The highest BCUT2D eigenvalue weighted by atomic mass is 32.2. The number of carbonyl (C=O) groups is 3. The van der Waals surface area contributed by atoms with Gasteiger partial charge in [0.25, 0.3) is 5.91 Å². The Kier molecular flexibility index (Phi) is 6.32. The fourth-order valence-corrected chi connectivity index (χ4v) is 4.94. The van der Waals surface area contributed by atoms with E-state index < -0.39 is 5.25 Å². The molecule has 3 amide bonds. The highest BCUT2D eigenvalue weighted by molar-refractivity contribution is 8.01. The SMILES string of the molecule is O=C(CN1C(=O)C(C(=O)N2CCCCCC2)Sc2ccccc21)Nc1ccccn1. The van der Waals surface area contributed by atoms with Crippen LogP contribution in [-0.4, -0.2) is 52.5 Å². The van der Waals surface area contributed by atoms with Gasteiger partial charge in [0.2, 0.25) is 11.8 Å². The summed E-state index contributed by atoms with van der Waals surface area (Å²) < 4.78 is 0. The number of likely N-dealkylation sites (tertiary alicyclic amines) is 1. The zero-order chi connectivity index (χ0) is 20.9. The molecule has 2 aromatic rings. The molecule has 1 atom stereocenters. The topological polar surface area (TPSA) is 82.6 Å². The lowest BCUT2D eigenvalue weighted by Gasteiger charge is -2.34. The van der Waals surface area contributed by atoms with Crippen molar-refractivity contribution >= 4 is 41.0 Å². The maximum Gasteiger partial charge on any atom is 0.250 e. The number of hydrogen-bond acceptors (Lipinski definition) is 5. The van der Waals surface area contributed by atoms with E-state index >= 15 is 0 Å². The van der Waals surface area contributed by atoms with Crippen LogP contribution in [0, 0.1) is 0 Å². The maximum absolute atomic E-state index is 13.3. The summed E-state index contributed by atoms with van der Waals surface area (Å²) in [7, 11) is 0. The predicted molar refractivity (Wildman–Crippen MR) is 116 cm³/mol. The van der Waals surface area contributed by atoms with Crippen LogP contribution in [0.3, 0.4) is 0 Å². The Labute approximate surface area is 179 Å². The van der Waals surface area contributed by atoms with Crippen LogP contribution in [0.4, 0.5) is 11.5 Å². The zero-order valence-corrected chi connectivity index (χ0v) is 17.4. The predicted octanol–water partition coefficient (Wildman–Crippen LogP) is 2.93. The van der Waals surface area contributed by atoms with Gasteiger partial charge >= 0.3 is 0 Å². The molecule has 3 heterocycles. The first-order chi connectivity index (χ1) is 14.6. The minimum atomic E-state index is -0.861. The molecule has 0 spiro atoms. The van der Waals surface area contributed by atoms with Gasteiger partial charge in [-0.2, -0.15) is 0 Å². The first kappa shape index (κ1) is 20.4. The van der Waals surface area contributed by atoms with E-state index in [1.165, 1.54) is 16.7 Å². The van der Waals surface area contributed by atoms with Crippen molar-refractivity contribution in [2.24, 2.45) is 0 Å². The van der Waals surface area contributed by atoms with E-state index in [1.54, 1.807) is 30.5 Å². The lowest BCUT2D eigenvalue weighted by molar-refractivity contribution is -0.135. The minimum absolute atomic E-state index is 0.156. The molecule has 7 nitrogen and oxygen atoms in total. The fourth-order valence-electron chi connectivity index (χ4n) is 3.76. The molecule has 2 aliphatic heterocycles. The summed E-state index contributed by atoms with van der Waals surface area (Å²) in [6.45, 7) is 1.20. The van der Waals surface area contributed by atoms with Crippen molar-refractivity contribution < 1.29 is 14.4 Å². The van der Waals surface area contributed by atoms with Gasteiger partial charge in [0.1, 0.15) is 12.4 Å². The summed E-state index contributed by atoms with van der Waals surface area (Å²) in [6.07, 6.45) is 5.73. The van der Waals surface area contributed by atoms with Gasteiger partial charge in [-0.05, 0) is 37.1 Å². The van der Waals surface area contributed by atoms with Crippen molar-refractivity contribution in [2.75, 3.05) is 29.9 Å². The quantitative estimate of drug-likeness (QED) is 0.763. The summed E-state index contributed by atoms with van der Waals surface area (Å²) in [6, 6.07) is 12.6. The van der Waals surface area contributed by atoms with Crippen molar-refractivity contribution in [2.45, 2.75) is 35.8 Å². The number of fused-ring (bicyclic) bond motifs is 1. The number of benzene rings is 1. The Hall–Kier alpha value is -2.87. The average Bonchev–Trinajstić information content (AvgIpc) is 3.05. The molecule has 0 aliphatic carbocycles. The average molecular weight is 425 g/mol. The van der Waals surface area contributed by atoms with Gasteiger partial charge in [0.15, 0.2) is 5.25 Å². The standard InChI is InChI=1S/C22H24N4O3S/c27-19(24-18-11-5-6-12-23-18)15-26-16-9-3-4-10-17(16)30-20(22(26)29)21(28)25-13-7-1-2-8-14-25/h3-6,9-12,20H,1-2,7-8,13-15H2,(H,23,24,27). The van der Waals surface area contributed by atoms with Gasteiger partial charge in [-0.3, -0.25) is 14.4 Å². The summed E-state index contributed by atoms with van der Waals surface area (Å²) in [4.78, 5) is 47.3. The van der Waals surface area contributed by atoms with Gasteiger partial charge in [-0.25, -0.2) is 4.98 Å². The first-order valence-corrected chi connectivity index (χ1v) is 11.1. The minimum Gasteiger partial charge on any atom is -0.341 e. The lowest BCUT2D eigenvalue weighted by atomic mass is 10.2. The summed E-state index contributed by atoms with van der Waals surface area (Å²) >= 11 is 1.28. The fraction of sp³-hybridized carbons (Fsp3) is 0.364. The normalized spacial score (nSPS) is 19.1. The Morgan fingerprint density at radius 2 is 1.77 bits per heavy atom. The zero-order valence-electron chi connectivity index (χ0n) is 16.6. The van der Waals surface area contributed by atoms with Gasteiger partial charge in [-0.1, -0.05) is 31.0 Å². The Morgan fingerprint density at radius 1 is 1.03 bits per heavy atom. The van der Waals surface area contributed by atoms with E-state index in [-0.39, 0.29) is 24.3 Å². The number of nitrogens with zero attached hydrogens (tertiary/aromatic N) is 3. The number of anilines is 2. The summed E-state index contributed by atoms with van der Waals surface area (Å²) in [5.41, 5.74) is 0.656. The van der Waals surface area contributed by atoms with Crippen molar-refractivity contribution in [1.29, 1.82) is 0 Å². The largest absolute Gasteiger partial charge is 0.341 e. The highest BCUT2D eigenvalue weighted by Crippen LogP contribution is 2.39. The van der Waals surface area contributed by atoms with E-state index in [0.29, 0.717) is 24.6 Å². The lowest BCUT2D eigenvalue weighted by Crippen LogP contribution is -2.51. The van der Waals surface area contributed by atoms with Crippen molar-refractivity contribution in [3.8, 4) is 0 Å². The number of rotatable bonds is 4. The number of para-hydroxylation sites is 1. The number of aromatic nitrogens is 1. The molecular formula is C22H24N4O3S. The molecule has 156 valence electrons. The van der Waals surface area contributed by atoms with Gasteiger partial charge in [0.05, 0.1) is 5.69 Å². The maximum atomic E-state index is 13.3. The van der Waals surface area contributed by atoms with E-state index in [1.807, 2.05) is 23.1 Å². The smallest absolute Gasteiger partial charge is 0.250 e. The third-order valence-corrected chi connectivity index (χ3v) is 6.51. The molecule has 4 rings (SSSR count). The van der Waals surface area contributed by atoms with Crippen LogP contribution in [0.15, 0.2) is 53.6 Å². The van der Waals surface area contributed by atoms with Crippen molar-refractivity contribution in [1.82, 2.24) is 9.88 Å². The van der Waals surface area contributed by atoms with E-state index in [9.17, 15) is 14.4 Å². The number of hydrogen-bond donors (Lipinski definition) is 1. The van der Waals surface area contributed by atoms with Crippen LogP contribution in [0.5, 0.6) is 0 Å². The Morgan fingerprint density at radius 3 is 2.50 bits per heavy atom. The third-order valence-electron chi connectivity index (χ3n) is 5.27. The molecule has 1 aromatic carbocycles. The Balaban J connectivity index is 1.55. The molecule has 1 unspecified atom stereocenters. The monoisotopic (exact) mass is 424 g/mol. The van der Waals surface area contributed by atoms with Crippen LogP contribution in [0.2, 0.25) is 0 Å². The summed E-state index contributed by atoms with van der Waals surface area (Å²) in [5.74, 6) is -0.433. The molecule has 30 heavy (non-hydrogen) atoms. The molecule has 1 aromatic heterocycles. The second kappa shape index (κ2) is 9.30. The van der Waals surface area contributed by atoms with Crippen LogP contribution in [-0.2, 0) is 14.4 Å². The molecule has 1 fully saturated rings. The molecular weight excluding hydrogens is 400 g/mol. The second-order valence-electron chi connectivity index (χ2n) is 7.39. The van der Waals surface area contributed by atoms with Crippen molar-refractivity contribution in [3.05, 3.63) is 48.7 Å². The molecule has 0 radical (unpaired) electrons. The van der Waals surface area contributed by atoms with Gasteiger partial charge in [-0.15, -0.1) is 11.8 Å². The van der Waals surface area contributed by atoms with Crippen LogP contribution >= 0.6 is 11.8 Å². The van der Waals surface area contributed by atoms with Crippen LogP contribution < -0.4 is 10.2 Å². The van der Waals surface area contributed by atoms with Gasteiger partial charge in [0, 0.05) is 24.2 Å². The van der Waals surface area contributed by atoms with Crippen LogP contribution in [0.25, 0.3) is 0 Å². The van der Waals surface area contributed by atoms with Crippen LogP contribution in [0.1, 0.15) is 25.7 Å². The second-order valence-corrected chi connectivity index (χ2v) is 8.54. The molecule has 0 bridgehead atoms. The summed E-state index contributed by atoms with van der Waals surface area (Å²) in [5, 5.41) is 1.85. The van der Waals surface area contributed by atoms with E-state index in [4.69, 9.17) is 0 Å². The molecule has 0 saturated carbocycles. The first-order valence-electron chi connectivity index (χ1n) is 10.2. The number of carbonyl (C=O) groups excluding carboxylic acids is 3. The highest BCUT2D eigenvalue weighted by Gasteiger charge is 2.40. The molecule has 1 saturated heterocycles. The van der Waals surface area contributed by atoms with Gasteiger partial charge < -0.3 is 15.1 Å². The molecule has 2 aliphatic rings. The number of nitrogens with one attached hydrogen (secondary N) is 1. The number of amides is 3. The molecule has 1 N–H and O–H groups in total. The van der Waals surface area contributed by atoms with E-state index in [2.05, 4.69) is 10.3 Å². The molecule has 8 heteroatoms. The number of pyridine rings is 1. The number of thioether (sulfide) groups is 1. The van der Waals surface area contributed by atoms with Crippen molar-refractivity contribution in [3.63, 3.8) is 0 Å². The van der Waals surface area contributed by atoms with E-state index in [0.717, 1.165) is 30.6 Å². The Bertz CT molecular complexity index is 929. The third kappa shape index (κ3) is 4.48.